The minimum atomic E-state index is -0.373. The number of pyridine rings is 1. The lowest BCUT2D eigenvalue weighted by Crippen LogP contribution is -2.35. The molecule has 4 N–H and O–H groups in total. The number of carbonyl (C=O) groups excluding carboxylic acids is 2. The van der Waals surface area contributed by atoms with E-state index in [0.717, 1.165) is 43.0 Å². The Kier molecular flexibility index (Phi) is 7.04. The minimum absolute atomic E-state index is 0.238. The molecule has 0 aliphatic carbocycles. The molecule has 8 nitrogen and oxygen atoms in total. The van der Waals surface area contributed by atoms with Gasteiger partial charge in [0.1, 0.15) is 5.82 Å². The van der Waals surface area contributed by atoms with Gasteiger partial charge in [-0.25, -0.2) is 9.78 Å². The van der Waals surface area contributed by atoms with E-state index in [1.165, 1.54) is 0 Å². The first-order chi connectivity index (χ1) is 16.5. The number of nitrogens with one attached hydrogen (secondary N) is 2. The molecule has 3 amide bonds. The van der Waals surface area contributed by atoms with Gasteiger partial charge in [0.05, 0.1) is 17.3 Å². The van der Waals surface area contributed by atoms with Crippen LogP contribution in [-0.4, -0.2) is 30.0 Å². The predicted octanol–water partition coefficient (Wildman–Crippen LogP) is 4.36. The Balaban J connectivity index is 1.41. The van der Waals surface area contributed by atoms with Gasteiger partial charge >= 0.3 is 6.03 Å². The quantitative estimate of drug-likeness (QED) is 0.511. The predicted molar refractivity (Wildman–Crippen MR) is 132 cm³/mol. The van der Waals surface area contributed by atoms with Crippen molar-refractivity contribution in [2.75, 3.05) is 28.6 Å². The van der Waals surface area contributed by atoms with Gasteiger partial charge in [-0.15, -0.1) is 0 Å². The molecule has 1 aliphatic heterocycles. The van der Waals surface area contributed by atoms with Gasteiger partial charge in [0.25, 0.3) is 0 Å². The molecule has 2 aromatic carbocycles. The van der Waals surface area contributed by atoms with E-state index in [1.807, 2.05) is 48.5 Å². The van der Waals surface area contributed by atoms with E-state index in [1.54, 1.807) is 24.3 Å². The van der Waals surface area contributed by atoms with E-state index in [4.69, 9.17) is 16.0 Å². The van der Waals surface area contributed by atoms with Crippen molar-refractivity contribution in [3.8, 4) is 17.3 Å². The molecule has 1 fully saturated rings. The topological polar surface area (TPSA) is 124 Å². The van der Waals surface area contributed by atoms with Crippen LogP contribution in [0.15, 0.2) is 66.7 Å². The zero-order valence-corrected chi connectivity index (χ0v) is 18.7. The molecule has 0 radical (unpaired) electrons. The zero-order chi connectivity index (χ0) is 23.9. The number of urea groups is 1. The maximum atomic E-state index is 12.4. The summed E-state index contributed by atoms with van der Waals surface area (Å²) in [5, 5.41) is 14.5. The molecule has 2 heterocycles. The average molecular weight is 455 g/mol. The van der Waals surface area contributed by atoms with Crippen LogP contribution in [0.25, 0.3) is 11.3 Å². The molecule has 1 aliphatic rings. The standard InChI is InChI=1S/C26H26N6O2/c27-17-19-7-9-21(10-8-19)29-26(34)30-22-4-1-3-20(16-22)23-5-2-6-25(31-23)32-13-11-18(12-14-32)15-24(28)33/h1-10,16,18H,11-15H2,(H2,28,33)(H2,29,30,34). The van der Waals surface area contributed by atoms with E-state index >= 15 is 0 Å². The van der Waals surface area contributed by atoms with Gasteiger partial charge in [0, 0.05) is 36.4 Å². The van der Waals surface area contributed by atoms with E-state index in [-0.39, 0.29) is 11.9 Å². The summed E-state index contributed by atoms with van der Waals surface area (Å²) in [6.07, 6.45) is 2.28. The van der Waals surface area contributed by atoms with Crippen molar-refractivity contribution in [3.63, 3.8) is 0 Å². The fourth-order valence-electron chi connectivity index (χ4n) is 4.09. The third-order valence-electron chi connectivity index (χ3n) is 5.85. The SMILES string of the molecule is N#Cc1ccc(NC(=O)Nc2cccc(-c3cccc(N4CCC(CC(N)=O)CC4)n3)c2)cc1. The largest absolute Gasteiger partial charge is 0.370 e. The van der Waals surface area contributed by atoms with Crippen LogP contribution in [0.2, 0.25) is 0 Å². The molecule has 34 heavy (non-hydrogen) atoms. The summed E-state index contributed by atoms with van der Waals surface area (Å²) in [4.78, 5) is 30.7. The summed E-state index contributed by atoms with van der Waals surface area (Å²) in [6, 6.07) is 21.8. The number of primary amides is 1. The second-order valence-electron chi connectivity index (χ2n) is 8.33. The van der Waals surface area contributed by atoms with E-state index in [2.05, 4.69) is 15.5 Å². The first kappa shape index (κ1) is 22.8. The number of amides is 3. The van der Waals surface area contributed by atoms with Crippen molar-refractivity contribution >= 4 is 29.1 Å². The molecular weight excluding hydrogens is 428 g/mol. The average Bonchev–Trinajstić information content (AvgIpc) is 2.85. The molecule has 0 atom stereocenters. The molecule has 4 rings (SSSR count). The Morgan fingerprint density at radius 3 is 2.41 bits per heavy atom. The number of piperidine rings is 1. The molecule has 0 spiro atoms. The highest BCUT2D eigenvalue weighted by Gasteiger charge is 2.21. The maximum absolute atomic E-state index is 12.4. The molecule has 1 aromatic heterocycles. The Hall–Kier alpha value is -4.38. The van der Waals surface area contributed by atoms with Crippen LogP contribution >= 0.6 is 0 Å². The molecule has 0 saturated carbocycles. The normalized spacial score (nSPS) is 13.7. The Morgan fingerprint density at radius 2 is 1.71 bits per heavy atom. The highest BCUT2D eigenvalue weighted by molar-refractivity contribution is 6.00. The minimum Gasteiger partial charge on any atom is -0.370 e. The second kappa shape index (κ2) is 10.5. The fourth-order valence-corrected chi connectivity index (χ4v) is 4.09. The summed E-state index contributed by atoms with van der Waals surface area (Å²) in [7, 11) is 0. The monoisotopic (exact) mass is 454 g/mol. The number of rotatable bonds is 6. The number of benzene rings is 2. The van der Waals surface area contributed by atoms with Crippen molar-refractivity contribution in [3.05, 3.63) is 72.3 Å². The molecule has 1 saturated heterocycles. The molecule has 172 valence electrons. The van der Waals surface area contributed by atoms with E-state index in [0.29, 0.717) is 29.3 Å². The lowest BCUT2D eigenvalue weighted by molar-refractivity contribution is -0.119. The zero-order valence-electron chi connectivity index (χ0n) is 18.7. The number of hydrogen-bond donors (Lipinski definition) is 3. The van der Waals surface area contributed by atoms with Crippen molar-refractivity contribution in [2.24, 2.45) is 11.7 Å². The number of nitriles is 1. The molecular formula is C26H26N6O2. The number of hydrogen-bond acceptors (Lipinski definition) is 5. The lowest BCUT2D eigenvalue weighted by atomic mass is 9.93. The van der Waals surface area contributed by atoms with Gasteiger partial charge in [-0.2, -0.15) is 5.26 Å². The lowest BCUT2D eigenvalue weighted by Gasteiger charge is -2.32. The van der Waals surface area contributed by atoms with Gasteiger partial charge in [-0.1, -0.05) is 18.2 Å². The summed E-state index contributed by atoms with van der Waals surface area (Å²) < 4.78 is 0. The van der Waals surface area contributed by atoms with Crippen LogP contribution in [0.5, 0.6) is 0 Å². The summed E-state index contributed by atoms with van der Waals surface area (Å²) in [5.41, 5.74) is 8.81. The van der Waals surface area contributed by atoms with Gasteiger partial charge in [0.15, 0.2) is 0 Å². The van der Waals surface area contributed by atoms with Crippen LogP contribution in [0, 0.1) is 17.2 Å². The van der Waals surface area contributed by atoms with Crippen molar-refractivity contribution in [1.29, 1.82) is 5.26 Å². The second-order valence-corrected chi connectivity index (χ2v) is 8.33. The number of nitrogens with zero attached hydrogens (tertiary/aromatic N) is 3. The van der Waals surface area contributed by atoms with Crippen LogP contribution < -0.4 is 21.3 Å². The van der Waals surface area contributed by atoms with Crippen molar-refractivity contribution in [2.45, 2.75) is 19.3 Å². The molecule has 8 heteroatoms. The summed E-state index contributed by atoms with van der Waals surface area (Å²) in [6.45, 7) is 1.68. The van der Waals surface area contributed by atoms with Crippen LogP contribution in [0.3, 0.4) is 0 Å². The number of carbonyl (C=O) groups is 2. The van der Waals surface area contributed by atoms with Gasteiger partial charge in [0.2, 0.25) is 5.91 Å². The third kappa shape index (κ3) is 5.90. The van der Waals surface area contributed by atoms with Crippen molar-refractivity contribution < 1.29 is 9.59 Å². The van der Waals surface area contributed by atoms with E-state index < -0.39 is 0 Å². The van der Waals surface area contributed by atoms with Crippen molar-refractivity contribution in [1.82, 2.24) is 4.98 Å². The molecule has 3 aromatic rings. The Morgan fingerprint density at radius 1 is 1.00 bits per heavy atom. The van der Waals surface area contributed by atoms with E-state index in [9.17, 15) is 9.59 Å². The van der Waals surface area contributed by atoms with Gasteiger partial charge < -0.3 is 21.3 Å². The molecule has 0 unspecified atom stereocenters. The highest BCUT2D eigenvalue weighted by atomic mass is 16.2. The Labute approximate surface area is 198 Å². The van der Waals surface area contributed by atoms with Gasteiger partial charge in [-0.05, 0) is 67.3 Å². The van der Waals surface area contributed by atoms with Crippen LogP contribution in [-0.2, 0) is 4.79 Å². The van der Waals surface area contributed by atoms with Crippen LogP contribution in [0.1, 0.15) is 24.8 Å². The first-order valence-corrected chi connectivity index (χ1v) is 11.2. The Bertz CT molecular complexity index is 1210. The smallest absolute Gasteiger partial charge is 0.323 e. The number of nitrogens with two attached hydrogens (primary N) is 1. The number of anilines is 3. The van der Waals surface area contributed by atoms with Crippen LogP contribution in [0.4, 0.5) is 22.0 Å². The fraction of sp³-hybridized carbons (Fsp3) is 0.231. The molecule has 0 bridgehead atoms. The summed E-state index contributed by atoms with van der Waals surface area (Å²) in [5.74, 6) is 1.000. The third-order valence-corrected chi connectivity index (χ3v) is 5.85. The van der Waals surface area contributed by atoms with Gasteiger partial charge in [-0.3, -0.25) is 4.79 Å². The highest BCUT2D eigenvalue weighted by Crippen LogP contribution is 2.27. The first-order valence-electron chi connectivity index (χ1n) is 11.2. The number of aromatic nitrogens is 1. The maximum Gasteiger partial charge on any atom is 0.323 e. The summed E-state index contributed by atoms with van der Waals surface area (Å²) >= 11 is 0.